The predicted octanol–water partition coefficient (Wildman–Crippen LogP) is 6.01. The summed E-state index contributed by atoms with van der Waals surface area (Å²) in [5.74, 6) is 0. The molecule has 1 heterocycles. The fourth-order valence-corrected chi connectivity index (χ4v) is 2.82. The van der Waals surface area contributed by atoms with Crippen LogP contribution in [0.2, 0.25) is 10.0 Å². The third-order valence-electron chi connectivity index (χ3n) is 3.62. The van der Waals surface area contributed by atoms with Gasteiger partial charge in [-0.25, -0.2) is 0 Å². The second-order valence-electron chi connectivity index (χ2n) is 5.32. The van der Waals surface area contributed by atoms with E-state index in [2.05, 4.69) is 15.5 Å². The molecular weight excluding hydrogens is 374 g/mol. The number of aromatic nitrogens is 2. The molecule has 0 saturated heterocycles. The predicted molar refractivity (Wildman–Crippen MR) is 92.8 cm³/mol. The normalized spacial score (nSPS) is 11.6. The van der Waals surface area contributed by atoms with E-state index in [0.717, 1.165) is 17.7 Å². The first-order valence-corrected chi connectivity index (χ1v) is 7.99. The van der Waals surface area contributed by atoms with Crippen molar-refractivity contribution < 1.29 is 13.2 Å². The van der Waals surface area contributed by atoms with E-state index in [1.54, 1.807) is 24.4 Å². The summed E-state index contributed by atoms with van der Waals surface area (Å²) in [5.41, 5.74) is 2.07. The molecule has 2 N–H and O–H groups in total. The Morgan fingerprint density at radius 3 is 2.40 bits per heavy atom. The summed E-state index contributed by atoms with van der Waals surface area (Å²) in [4.78, 5) is 0. The topological polar surface area (TPSA) is 40.7 Å². The zero-order chi connectivity index (χ0) is 18.0. The van der Waals surface area contributed by atoms with Gasteiger partial charge in [0, 0.05) is 17.1 Å². The molecule has 0 unspecified atom stereocenters. The molecule has 0 saturated carbocycles. The molecule has 8 heteroatoms. The Morgan fingerprint density at radius 2 is 1.76 bits per heavy atom. The average molecular weight is 386 g/mol. The van der Waals surface area contributed by atoms with Gasteiger partial charge in [-0.15, -0.1) is 0 Å². The largest absolute Gasteiger partial charge is 0.416 e. The minimum atomic E-state index is -4.36. The fraction of sp³-hybridized carbons (Fsp3) is 0.118. The Morgan fingerprint density at radius 1 is 1.04 bits per heavy atom. The summed E-state index contributed by atoms with van der Waals surface area (Å²) in [6.45, 7) is 0.397. The first kappa shape index (κ1) is 17.6. The molecule has 0 fully saturated rings. The van der Waals surface area contributed by atoms with Gasteiger partial charge < -0.3 is 5.32 Å². The first-order valence-electron chi connectivity index (χ1n) is 7.23. The lowest BCUT2D eigenvalue weighted by Gasteiger charge is -2.10. The second-order valence-corrected chi connectivity index (χ2v) is 6.17. The number of rotatable bonds is 4. The van der Waals surface area contributed by atoms with Crippen molar-refractivity contribution in [2.75, 3.05) is 5.32 Å². The maximum atomic E-state index is 12.7. The number of nitrogens with zero attached hydrogens (tertiary/aromatic N) is 1. The van der Waals surface area contributed by atoms with E-state index in [1.165, 1.54) is 12.1 Å². The molecule has 3 rings (SSSR count). The number of hydrogen-bond donors (Lipinski definition) is 2. The fourth-order valence-electron chi connectivity index (χ4n) is 2.34. The van der Waals surface area contributed by atoms with Crippen molar-refractivity contribution in [3.05, 3.63) is 69.8 Å². The number of nitrogens with one attached hydrogen (secondary N) is 2. The van der Waals surface area contributed by atoms with E-state index < -0.39 is 11.7 Å². The van der Waals surface area contributed by atoms with Crippen LogP contribution in [0.15, 0.2) is 48.7 Å². The van der Waals surface area contributed by atoms with E-state index >= 15 is 0 Å². The highest BCUT2D eigenvalue weighted by Crippen LogP contribution is 2.32. The number of hydrogen-bond acceptors (Lipinski definition) is 2. The molecule has 3 nitrogen and oxygen atoms in total. The van der Waals surface area contributed by atoms with Gasteiger partial charge in [0.15, 0.2) is 0 Å². The summed E-state index contributed by atoms with van der Waals surface area (Å²) in [5, 5.41) is 11.0. The molecule has 0 bridgehead atoms. The van der Waals surface area contributed by atoms with Crippen LogP contribution in [0.1, 0.15) is 11.1 Å². The number of alkyl halides is 3. The number of aromatic amines is 1. The Balaban J connectivity index is 1.78. The zero-order valence-electron chi connectivity index (χ0n) is 12.7. The Bertz CT molecular complexity index is 874. The molecule has 25 heavy (non-hydrogen) atoms. The quantitative estimate of drug-likeness (QED) is 0.576. The Kier molecular flexibility index (Phi) is 4.92. The molecule has 2 aromatic carbocycles. The molecular formula is C17H12Cl2F3N3. The van der Waals surface area contributed by atoms with Crippen molar-refractivity contribution in [3.8, 4) is 11.3 Å². The maximum Gasteiger partial charge on any atom is 0.416 e. The van der Waals surface area contributed by atoms with Crippen LogP contribution in [0.5, 0.6) is 0 Å². The van der Waals surface area contributed by atoms with Crippen LogP contribution in [0.25, 0.3) is 11.3 Å². The van der Waals surface area contributed by atoms with Gasteiger partial charge >= 0.3 is 6.18 Å². The van der Waals surface area contributed by atoms with Gasteiger partial charge in [-0.05, 0) is 35.9 Å². The molecule has 0 spiro atoms. The Hall–Kier alpha value is -2.18. The molecule has 0 aliphatic heterocycles. The van der Waals surface area contributed by atoms with Gasteiger partial charge in [0.2, 0.25) is 0 Å². The summed E-state index contributed by atoms with van der Waals surface area (Å²) in [7, 11) is 0. The molecule has 130 valence electrons. The van der Waals surface area contributed by atoms with Crippen LogP contribution in [0.4, 0.5) is 18.9 Å². The third-order valence-corrected chi connectivity index (χ3v) is 4.17. The van der Waals surface area contributed by atoms with Crippen LogP contribution < -0.4 is 5.32 Å². The summed E-state index contributed by atoms with van der Waals surface area (Å²) >= 11 is 12.0. The third kappa shape index (κ3) is 4.08. The minimum absolute atomic E-state index is 0.397. The first-order chi connectivity index (χ1) is 11.8. The van der Waals surface area contributed by atoms with Crippen molar-refractivity contribution in [1.82, 2.24) is 10.2 Å². The van der Waals surface area contributed by atoms with E-state index in [-0.39, 0.29) is 0 Å². The van der Waals surface area contributed by atoms with Crippen LogP contribution in [-0.2, 0) is 12.7 Å². The van der Waals surface area contributed by atoms with E-state index in [9.17, 15) is 13.2 Å². The van der Waals surface area contributed by atoms with E-state index in [4.69, 9.17) is 23.2 Å². The highest BCUT2D eigenvalue weighted by molar-refractivity contribution is 6.36. The van der Waals surface area contributed by atoms with Gasteiger partial charge in [0.1, 0.15) is 0 Å². The van der Waals surface area contributed by atoms with Gasteiger partial charge in [0.05, 0.1) is 28.2 Å². The number of H-pyrrole nitrogens is 1. The van der Waals surface area contributed by atoms with Crippen LogP contribution >= 0.6 is 23.2 Å². The molecule has 0 amide bonds. The SMILES string of the molecule is FC(F)(F)c1ccc(-c2[nH]ncc2CNc2ccc(Cl)cc2Cl)cc1. The number of benzene rings is 2. The molecule has 0 radical (unpaired) electrons. The number of anilines is 1. The zero-order valence-corrected chi connectivity index (χ0v) is 14.2. The van der Waals surface area contributed by atoms with Gasteiger partial charge in [-0.3, -0.25) is 5.10 Å². The summed E-state index contributed by atoms with van der Waals surface area (Å²) in [6, 6.07) is 10.00. The molecule has 3 aromatic rings. The van der Waals surface area contributed by atoms with E-state index in [0.29, 0.717) is 33.5 Å². The summed E-state index contributed by atoms with van der Waals surface area (Å²) in [6.07, 6.45) is -2.74. The van der Waals surface area contributed by atoms with Crippen LogP contribution in [-0.4, -0.2) is 10.2 Å². The maximum absolute atomic E-state index is 12.7. The van der Waals surface area contributed by atoms with Crippen molar-refractivity contribution in [1.29, 1.82) is 0 Å². The minimum Gasteiger partial charge on any atom is -0.380 e. The molecule has 1 aromatic heterocycles. The summed E-state index contributed by atoms with van der Waals surface area (Å²) < 4.78 is 38.0. The van der Waals surface area contributed by atoms with Gasteiger partial charge in [-0.1, -0.05) is 35.3 Å². The monoisotopic (exact) mass is 385 g/mol. The lowest BCUT2D eigenvalue weighted by Crippen LogP contribution is -2.04. The number of halogens is 5. The van der Waals surface area contributed by atoms with Crippen molar-refractivity contribution in [3.63, 3.8) is 0 Å². The van der Waals surface area contributed by atoms with Crippen molar-refractivity contribution in [2.24, 2.45) is 0 Å². The van der Waals surface area contributed by atoms with Crippen molar-refractivity contribution in [2.45, 2.75) is 12.7 Å². The van der Waals surface area contributed by atoms with Gasteiger partial charge in [0.25, 0.3) is 0 Å². The van der Waals surface area contributed by atoms with Gasteiger partial charge in [-0.2, -0.15) is 18.3 Å². The molecule has 0 aliphatic carbocycles. The second kappa shape index (κ2) is 6.98. The Labute approximate surface area is 151 Å². The highest BCUT2D eigenvalue weighted by atomic mass is 35.5. The highest BCUT2D eigenvalue weighted by Gasteiger charge is 2.30. The van der Waals surface area contributed by atoms with Crippen LogP contribution in [0.3, 0.4) is 0 Å². The average Bonchev–Trinajstić information content (AvgIpc) is 3.02. The lowest BCUT2D eigenvalue weighted by atomic mass is 10.1. The van der Waals surface area contributed by atoms with Crippen LogP contribution in [0, 0.1) is 0 Å². The van der Waals surface area contributed by atoms with E-state index in [1.807, 2.05) is 0 Å². The van der Waals surface area contributed by atoms with Crippen molar-refractivity contribution >= 4 is 28.9 Å². The smallest absolute Gasteiger partial charge is 0.380 e. The lowest BCUT2D eigenvalue weighted by molar-refractivity contribution is -0.137. The molecule has 0 aliphatic rings. The standard InChI is InChI=1S/C17H12Cl2F3N3/c18-13-5-6-15(14(19)7-13)23-8-11-9-24-25-16(11)10-1-3-12(4-2-10)17(20,21)22/h1-7,9,23H,8H2,(H,24,25). The molecule has 0 atom stereocenters.